The maximum absolute atomic E-state index is 12.8. The van der Waals surface area contributed by atoms with E-state index >= 15 is 0 Å². The van der Waals surface area contributed by atoms with Crippen molar-refractivity contribution in [2.24, 2.45) is 0 Å². The Labute approximate surface area is 146 Å². The van der Waals surface area contributed by atoms with E-state index in [1.54, 1.807) is 29.0 Å². The molecular formula is C18H12ClF3N2O. The molecule has 0 bridgehead atoms. The van der Waals surface area contributed by atoms with Gasteiger partial charge in [-0.2, -0.15) is 13.2 Å². The molecular weight excluding hydrogens is 353 g/mol. The summed E-state index contributed by atoms with van der Waals surface area (Å²) in [7, 11) is 0. The van der Waals surface area contributed by atoms with Gasteiger partial charge in [0.2, 0.25) is 0 Å². The van der Waals surface area contributed by atoms with Gasteiger partial charge in [-0.15, -0.1) is 0 Å². The molecule has 0 amide bonds. The van der Waals surface area contributed by atoms with Crippen molar-refractivity contribution in [1.82, 2.24) is 9.55 Å². The van der Waals surface area contributed by atoms with Crippen LogP contribution in [0, 0.1) is 0 Å². The number of rotatable bonds is 3. The zero-order valence-electron chi connectivity index (χ0n) is 13.0. The van der Waals surface area contributed by atoms with Gasteiger partial charge in [-0.05, 0) is 31.2 Å². The predicted octanol–water partition coefficient (Wildman–Crippen LogP) is 5.30. The number of hydrogen-bond acceptors (Lipinski definition) is 2. The fraction of sp³-hybridized carbons (Fsp3) is 0.111. The number of hydrogen-bond donors (Lipinski definition) is 0. The highest BCUT2D eigenvalue weighted by Gasteiger charge is 2.31. The van der Waals surface area contributed by atoms with Gasteiger partial charge in [-0.25, -0.2) is 4.98 Å². The third-order valence-electron chi connectivity index (χ3n) is 3.62. The maximum atomic E-state index is 12.8. The molecule has 0 fully saturated rings. The fourth-order valence-electron chi connectivity index (χ4n) is 2.48. The minimum absolute atomic E-state index is 0.109. The molecule has 128 valence electrons. The molecule has 25 heavy (non-hydrogen) atoms. The molecule has 0 saturated carbocycles. The molecule has 0 saturated heterocycles. The van der Waals surface area contributed by atoms with Gasteiger partial charge in [0, 0.05) is 23.3 Å². The van der Waals surface area contributed by atoms with E-state index in [0.29, 0.717) is 0 Å². The van der Waals surface area contributed by atoms with Gasteiger partial charge in [0.25, 0.3) is 0 Å². The van der Waals surface area contributed by atoms with Gasteiger partial charge >= 0.3 is 6.18 Å². The summed E-state index contributed by atoms with van der Waals surface area (Å²) >= 11 is 6.05. The highest BCUT2D eigenvalue weighted by Crippen LogP contribution is 2.33. The van der Waals surface area contributed by atoms with E-state index in [-0.39, 0.29) is 16.6 Å². The molecule has 2 heterocycles. The van der Waals surface area contributed by atoms with E-state index in [4.69, 9.17) is 11.6 Å². The lowest BCUT2D eigenvalue weighted by Gasteiger charge is -2.10. The van der Waals surface area contributed by atoms with Crippen LogP contribution < -0.4 is 0 Å². The maximum Gasteiger partial charge on any atom is 0.417 e. The zero-order valence-corrected chi connectivity index (χ0v) is 13.8. The molecule has 7 heteroatoms. The first-order valence-corrected chi connectivity index (χ1v) is 7.67. The van der Waals surface area contributed by atoms with Gasteiger partial charge in [-0.3, -0.25) is 9.36 Å². The lowest BCUT2D eigenvalue weighted by molar-refractivity contribution is -0.137. The molecule has 1 aromatic carbocycles. The van der Waals surface area contributed by atoms with E-state index in [1.807, 2.05) is 12.1 Å². The number of fused-ring (bicyclic) bond motifs is 1. The van der Waals surface area contributed by atoms with Crippen LogP contribution in [0.1, 0.15) is 18.1 Å². The largest absolute Gasteiger partial charge is 0.417 e. The van der Waals surface area contributed by atoms with Crippen LogP contribution in [0.2, 0.25) is 5.02 Å². The lowest BCUT2D eigenvalue weighted by atomic mass is 10.1. The number of aromatic nitrogens is 2. The Balaban J connectivity index is 2.18. The summed E-state index contributed by atoms with van der Waals surface area (Å²) in [5.41, 5.74) is 0.554. The molecule has 0 aliphatic carbocycles. The van der Waals surface area contributed by atoms with Crippen LogP contribution in [0.3, 0.4) is 0 Å². The first-order valence-electron chi connectivity index (χ1n) is 7.29. The quantitative estimate of drug-likeness (QED) is 0.591. The van der Waals surface area contributed by atoms with Gasteiger partial charge in [0.1, 0.15) is 0 Å². The number of nitrogens with zero attached hydrogens (tertiary/aromatic N) is 2. The summed E-state index contributed by atoms with van der Waals surface area (Å²) in [5, 5.41) is 0.718. The Morgan fingerprint density at radius 1 is 1.28 bits per heavy atom. The molecule has 0 N–H and O–H groups in total. The molecule has 3 aromatic rings. The van der Waals surface area contributed by atoms with Gasteiger partial charge in [-0.1, -0.05) is 29.8 Å². The summed E-state index contributed by atoms with van der Waals surface area (Å²) in [5.74, 6) is 0.0795. The molecule has 0 radical (unpaired) electrons. The number of benzene rings is 1. The number of allylic oxidation sites excluding steroid dienone is 1. The van der Waals surface area contributed by atoms with Crippen molar-refractivity contribution in [2.45, 2.75) is 13.1 Å². The second kappa shape index (κ2) is 6.37. The Bertz CT molecular complexity index is 990. The highest BCUT2D eigenvalue weighted by molar-refractivity contribution is 6.32. The molecule has 0 atom stereocenters. The van der Waals surface area contributed by atoms with Crippen LogP contribution in [0.5, 0.6) is 0 Å². The van der Waals surface area contributed by atoms with Gasteiger partial charge in [0.05, 0.1) is 16.1 Å². The number of ketones is 1. The smallest absolute Gasteiger partial charge is 0.299 e. The Kier molecular flexibility index (Phi) is 4.39. The minimum Gasteiger partial charge on any atom is -0.299 e. The summed E-state index contributed by atoms with van der Waals surface area (Å²) in [6.07, 6.45) is 1.00. The molecule has 0 spiro atoms. The number of halogens is 4. The standard InChI is InChI=1S/C18H12ClF3N2O/c1-11(25)6-7-12-10-24(16-5-3-2-4-14(12)16)17-15(19)8-13(9-23-17)18(20,21)22/h2-10H,1H3/b7-6+. The lowest BCUT2D eigenvalue weighted by Crippen LogP contribution is -2.07. The van der Waals surface area contributed by atoms with Gasteiger partial charge in [0.15, 0.2) is 11.6 Å². The Hall–Kier alpha value is -2.60. The van der Waals surface area contributed by atoms with Crippen molar-refractivity contribution in [3.05, 3.63) is 65.0 Å². The second-order valence-corrected chi connectivity index (χ2v) is 5.85. The van der Waals surface area contributed by atoms with Crippen LogP contribution in [-0.4, -0.2) is 15.3 Å². The van der Waals surface area contributed by atoms with Crippen molar-refractivity contribution < 1.29 is 18.0 Å². The molecule has 2 aromatic heterocycles. The first-order chi connectivity index (χ1) is 11.8. The van der Waals surface area contributed by atoms with Crippen LogP contribution in [0.15, 0.2) is 48.8 Å². The number of pyridine rings is 1. The number of para-hydroxylation sites is 1. The summed E-state index contributed by atoms with van der Waals surface area (Å²) in [6, 6.07) is 8.14. The predicted molar refractivity (Wildman–Crippen MR) is 90.8 cm³/mol. The average molecular weight is 365 g/mol. The molecule has 3 nitrogen and oxygen atoms in total. The number of carbonyl (C=O) groups excluding carboxylic acids is 1. The fourth-order valence-corrected chi connectivity index (χ4v) is 2.74. The highest BCUT2D eigenvalue weighted by atomic mass is 35.5. The average Bonchev–Trinajstić information content (AvgIpc) is 2.91. The second-order valence-electron chi connectivity index (χ2n) is 5.44. The van der Waals surface area contributed by atoms with Crippen LogP contribution in [0.4, 0.5) is 13.2 Å². The SMILES string of the molecule is CC(=O)/C=C/c1cn(-c2ncc(C(F)(F)F)cc2Cl)c2ccccc12. The van der Waals surface area contributed by atoms with E-state index in [1.165, 1.54) is 13.0 Å². The van der Waals surface area contributed by atoms with E-state index in [0.717, 1.165) is 28.7 Å². The van der Waals surface area contributed by atoms with E-state index in [9.17, 15) is 18.0 Å². The molecule has 0 aliphatic rings. The van der Waals surface area contributed by atoms with Crippen LogP contribution >= 0.6 is 11.6 Å². The minimum atomic E-state index is -4.51. The molecule has 0 aliphatic heterocycles. The van der Waals surface area contributed by atoms with Crippen molar-refractivity contribution in [3.63, 3.8) is 0 Å². The Morgan fingerprint density at radius 2 is 2.00 bits per heavy atom. The first kappa shape index (κ1) is 17.2. The van der Waals surface area contributed by atoms with Gasteiger partial charge < -0.3 is 0 Å². The van der Waals surface area contributed by atoms with Crippen LogP contribution in [0.25, 0.3) is 22.8 Å². The van der Waals surface area contributed by atoms with E-state index < -0.39 is 11.7 Å². The van der Waals surface area contributed by atoms with Crippen molar-refractivity contribution in [2.75, 3.05) is 0 Å². The number of alkyl halides is 3. The van der Waals surface area contributed by atoms with Crippen molar-refractivity contribution in [3.8, 4) is 5.82 Å². The monoisotopic (exact) mass is 364 g/mol. The Morgan fingerprint density at radius 3 is 2.64 bits per heavy atom. The van der Waals surface area contributed by atoms with E-state index in [2.05, 4.69) is 4.98 Å². The third kappa shape index (κ3) is 3.44. The summed E-state index contributed by atoms with van der Waals surface area (Å²) in [4.78, 5) is 15.1. The summed E-state index contributed by atoms with van der Waals surface area (Å²) < 4.78 is 40.0. The number of carbonyl (C=O) groups is 1. The zero-order chi connectivity index (χ0) is 18.2. The normalized spacial score (nSPS) is 12.2. The van der Waals surface area contributed by atoms with Crippen molar-refractivity contribution in [1.29, 1.82) is 0 Å². The van der Waals surface area contributed by atoms with Crippen molar-refractivity contribution >= 4 is 34.4 Å². The summed E-state index contributed by atoms with van der Waals surface area (Å²) in [6.45, 7) is 1.43. The third-order valence-corrected chi connectivity index (χ3v) is 3.90. The molecule has 3 rings (SSSR count). The topological polar surface area (TPSA) is 34.9 Å². The molecule has 0 unspecified atom stereocenters. The van der Waals surface area contributed by atoms with Crippen LogP contribution in [-0.2, 0) is 11.0 Å².